The molecule has 0 unspecified atom stereocenters. The molecule has 3 aromatic rings. The Balaban J connectivity index is 1.81. The van der Waals surface area contributed by atoms with Gasteiger partial charge in [0.05, 0.1) is 21.4 Å². The molecule has 0 N–H and O–H groups in total. The van der Waals surface area contributed by atoms with Crippen molar-refractivity contribution in [2.45, 2.75) is 37.2 Å². The van der Waals surface area contributed by atoms with E-state index in [-0.39, 0.29) is 40.7 Å². The minimum absolute atomic E-state index is 0.0271. The predicted octanol–water partition coefficient (Wildman–Crippen LogP) is 5.18. The second kappa shape index (κ2) is 9.05. The number of rotatable bonds is 7. The maximum absolute atomic E-state index is 12.9. The van der Waals surface area contributed by atoms with Gasteiger partial charge < -0.3 is 4.74 Å². The summed E-state index contributed by atoms with van der Waals surface area (Å²) in [5.74, 6) is -0.246. The summed E-state index contributed by atoms with van der Waals surface area (Å²) in [5.41, 5.74) is -0.436. The van der Waals surface area contributed by atoms with Crippen molar-refractivity contribution in [2.24, 2.45) is 0 Å². The monoisotopic (exact) mass is 493 g/mol. The molecule has 0 spiro atoms. The van der Waals surface area contributed by atoms with Crippen molar-refractivity contribution < 1.29 is 26.3 Å². The van der Waals surface area contributed by atoms with Crippen molar-refractivity contribution in [1.82, 2.24) is 14.8 Å². The molecule has 3 rings (SSSR count). The van der Waals surface area contributed by atoms with Gasteiger partial charge in [-0.25, -0.2) is 8.42 Å². The Morgan fingerprint density at radius 2 is 1.81 bits per heavy atom. The first-order valence-corrected chi connectivity index (χ1v) is 11.3. The number of aromatic nitrogens is 3. The number of hydrogen-bond donors (Lipinski definition) is 0. The first kappa shape index (κ1) is 23.4. The van der Waals surface area contributed by atoms with Crippen LogP contribution in [0.2, 0.25) is 10.0 Å². The Bertz CT molecular complexity index is 1200. The topological polar surface area (TPSA) is 74.1 Å². The summed E-state index contributed by atoms with van der Waals surface area (Å²) in [6, 6.07) is 8.85. The van der Waals surface area contributed by atoms with Gasteiger partial charge >= 0.3 is 6.18 Å². The molecular weight excluding hydrogens is 478 g/mol. The molecule has 2 aromatic carbocycles. The molecule has 0 radical (unpaired) electrons. The van der Waals surface area contributed by atoms with Crippen LogP contribution >= 0.6 is 23.2 Å². The van der Waals surface area contributed by atoms with Gasteiger partial charge in [-0.15, -0.1) is 10.2 Å². The third kappa shape index (κ3) is 5.50. The van der Waals surface area contributed by atoms with E-state index in [0.29, 0.717) is 10.6 Å². The molecule has 1 heterocycles. The van der Waals surface area contributed by atoms with Crippen molar-refractivity contribution in [3.63, 3.8) is 0 Å². The summed E-state index contributed by atoms with van der Waals surface area (Å²) in [6.07, 6.45) is -4.51. The van der Waals surface area contributed by atoms with Crippen LogP contribution in [0.3, 0.4) is 0 Å². The average molecular weight is 494 g/mol. The van der Waals surface area contributed by atoms with Crippen LogP contribution in [-0.2, 0) is 34.9 Å². The molecule has 0 aliphatic rings. The number of nitrogens with zero attached hydrogens (tertiary/aromatic N) is 3. The first-order valence-electron chi connectivity index (χ1n) is 8.90. The van der Waals surface area contributed by atoms with Crippen LogP contribution < -0.4 is 4.74 Å². The smallest absolute Gasteiger partial charge is 0.416 e. The Kier molecular flexibility index (Phi) is 6.82. The Morgan fingerprint density at radius 3 is 2.45 bits per heavy atom. The van der Waals surface area contributed by atoms with Gasteiger partial charge in [0, 0.05) is 6.54 Å². The van der Waals surface area contributed by atoms with E-state index in [4.69, 9.17) is 27.9 Å². The maximum Gasteiger partial charge on any atom is 0.416 e. The predicted molar refractivity (Wildman–Crippen MR) is 109 cm³/mol. The van der Waals surface area contributed by atoms with E-state index in [0.717, 1.165) is 12.1 Å². The summed E-state index contributed by atoms with van der Waals surface area (Å²) >= 11 is 11.8. The molecule has 0 saturated heterocycles. The van der Waals surface area contributed by atoms with Gasteiger partial charge in [-0.3, -0.25) is 4.57 Å². The zero-order valence-electron chi connectivity index (χ0n) is 16.0. The largest absolute Gasteiger partial charge is 0.486 e. The van der Waals surface area contributed by atoms with Crippen molar-refractivity contribution >= 4 is 33.0 Å². The third-order valence-electron chi connectivity index (χ3n) is 4.26. The lowest BCUT2D eigenvalue weighted by molar-refractivity contribution is -0.137. The number of sulfone groups is 1. The summed E-state index contributed by atoms with van der Waals surface area (Å²) in [6.45, 7) is 1.64. The molecule has 166 valence electrons. The highest BCUT2D eigenvalue weighted by Crippen LogP contribution is 2.31. The van der Waals surface area contributed by atoms with Gasteiger partial charge in [-0.1, -0.05) is 35.3 Å². The maximum atomic E-state index is 12.9. The third-order valence-corrected chi connectivity index (χ3v) is 6.57. The van der Waals surface area contributed by atoms with Gasteiger partial charge in [0.25, 0.3) is 0 Å². The average Bonchev–Trinajstić information content (AvgIpc) is 3.12. The van der Waals surface area contributed by atoms with E-state index in [9.17, 15) is 21.6 Å². The van der Waals surface area contributed by atoms with Gasteiger partial charge in [-0.05, 0) is 42.8 Å². The number of hydrogen-bond acceptors (Lipinski definition) is 5. The Hall–Kier alpha value is -2.30. The molecule has 6 nitrogen and oxygen atoms in total. The van der Waals surface area contributed by atoms with Crippen molar-refractivity contribution in [1.29, 1.82) is 0 Å². The van der Waals surface area contributed by atoms with Crippen LogP contribution in [0, 0.1) is 0 Å². The number of halogens is 5. The van der Waals surface area contributed by atoms with E-state index in [2.05, 4.69) is 10.2 Å². The highest BCUT2D eigenvalue weighted by Gasteiger charge is 2.31. The van der Waals surface area contributed by atoms with Crippen LogP contribution in [0.4, 0.5) is 13.2 Å². The molecule has 0 aliphatic heterocycles. The molecular formula is C19H16Cl2F3N3O3S. The van der Waals surface area contributed by atoms with Crippen LogP contribution in [0.5, 0.6) is 5.75 Å². The molecule has 1 aromatic heterocycles. The number of benzene rings is 2. The molecule has 0 aliphatic carbocycles. The Morgan fingerprint density at radius 1 is 1.06 bits per heavy atom. The lowest BCUT2D eigenvalue weighted by Gasteiger charge is -2.11. The van der Waals surface area contributed by atoms with E-state index in [1.165, 1.54) is 34.9 Å². The highest BCUT2D eigenvalue weighted by molar-refractivity contribution is 7.90. The second-order valence-corrected chi connectivity index (χ2v) is 9.16. The fraction of sp³-hybridized carbons (Fsp3) is 0.263. The van der Waals surface area contributed by atoms with E-state index >= 15 is 0 Å². The minimum atomic E-state index is -4.51. The highest BCUT2D eigenvalue weighted by atomic mass is 35.5. The minimum Gasteiger partial charge on any atom is -0.486 e. The van der Waals surface area contributed by atoms with Crippen molar-refractivity contribution in [3.05, 3.63) is 69.5 Å². The van der Waals surface area contributed by atoms with E-state index in [1.807, 2.05) is 0 Å². The number of alkyl halides is 3. The molecule has 0 fully saturated rings. The van der Waals surface area contributed by atoms with Crippen LogP contribution in [-0.4, -0.2) is 23.2 Å². The molecule has 31 heavy (non-hydrogen) atoms. The lowest BCUT2D eigenvalue weighted by Crippen LogP contribution is -2.15. The quantitative estimate of drug-likeness (QED) is 0.453. The fourth-order valence-corrected chi connectivity index (χ4v) is 4.60. The summed E-state index contributed by atoms with van der Waals surface area (Å²) in [5, 5.41) is 7.87. The van der Waals surface area contributed by atoms with Crippen LogP contribution in [0.15, 0.2) is 47.6 Å². The van der Waals surface area contributed by atoms with Gasteiger partial charge in [-0.2, -0.15) is 13.2 Å². The van der Waals surface area contributed by atoms with Crippen LogP contribution in [0.25, 0.3) is 0 Å². The normalized spacial score (nSPS) is 12.2. The van der Waals surface area contributed by atoms with Crippen molar-refractivity contribution in [2.75, 3.05) is 0 Å². The number of ether oxygens (including phenoxy) is 1. The standard InChI is InChI=1S/C19H16Cl2F3N3O3S/c1-2-27-17(10-30-14-5-3-4-13(9-14)19(22,23)24)25-26-18(27)31(28,29)11-12-6-7-15(20)16(21)8-12/h3-9H,2,10-11H2,1H3. The van der Waals surface area contributed by atoms with Gasteiger partial charge in [0.15, 0.2) is 5.82 Å². The molecule has 0 atom stereocenters. The molecule has 0 bridgehead atoms. The molecule has 12 heteroatoms. The van der Waals surface area contributed by atoms with Gasteiger partial charge in [0.2, 0.25) is 15.0 Å². The summed E-state index contributed by atoms with van der Waals surface area (Å²) in [7, 11) is -3.89. The van der Waals surface area contributed by atoms with Gasteiger partial charge in [0.1, 0.15) is 12.4 Å². The first-order chi connectivity index (χ1) is 14.5. The molecule has 0 saturated carbocycles. The lowest BCUT2D eigenvalue weighted by atomic mass is 10.2. The fourth-order valence-electron chi connectivity index (χ4n) is 2.80. The van der Waals surface area contributed by atoms with Crippen LogP contribution in [0.1, 0.15) is 23.9 Å². The Labute approximate surface area is 186 Å². The van der Waals surface area contributed by atoms with Crippen molar-refractivity contribution in [3.8, 4) is 5.75 Å². The zero-order chi connectivity index (χ0) is 22.8. The summed E-state index contributed by atoms with van der Waals surface area (Å²) < 4.78 is 71.0. The zero-order valence-corrected chi connectivity index (χ0v) is 18.4. The molecule has 0 amide bonds. The second-order valence-electron chi connectivity index (χ2n) is 6.46. The van der Waals surface area contributed by atoms with E-state index < -0.39 is 21.6 Å². The summed E-state index contributed by atoms with van der Waals surface area (Å²) in [4.78, 5) is 0. The SMILES string of the molecule is CCn1c(COc2cccc(C(F)(F)F)c2)nnc1S(=O)(=O)Cc1ccc(Cl)c(Cl)c1. The van der Waals surface area contributed by atoms with E-state index in [1.54, 1.807) is 6.92 Å².